The minimum atomic E-state index is -1.12. The number of fused-ring (bicyclic) bond motifs is 4. The van der Waals surface area contributed by atoms with E-state index in [0.29, 0.717) is 33.9 Å². The van der Waals surface area contributed by atoms with Gasteiger partial charge in [0.15, 0.2) is 12.4 Å². The van der Waals surface area contributed by atoms with Crippen LogP contribution in [0.1, 0.15) is 39.4 Å². The van der Waals surface area contributed by atoms with E-state index in [1.165, 1.54) is 0 Å². The van der Waals surface area contributed by atoms with Crippen molar-refractivity contribution in [2.45, 2.75) is 12.3 Å². The number of carboxylic acid groups (broad SMARTS) is 1. The topological polar surface area (TPSA) is 113 Å². The lowest BCUT2D eigenvalue weighted by molar-refractivity contribution is -0.139. The van der Waals surface area contributed by atoms with Gasteiger partial charge in [0.25, 0.3) is 0 Å². The van der Waals surface area contributed by atoms with Crippen LogP contribution in [-0.2, 0) is 16.6 Å². The van der Waals surface area contributed by atoms with E-state index in [1.54, 1.807) is 49.6 Å². The molecule has 1 atom stereocenters. The predicted octanol–water partition coefficient (Wildman–Crippen LogP) is 4.71. The Hall–Kier alpha value is -5.05. The Kier molecular flexibility index (Phi) is 5.83. The first kappa shape index (κ1) is 24.3. The normalized spacial score (nSPS) is 17.0. The highest BCUT2D eigenvalue weighted by molar-refractivity contribution is 6.15. The molecular weight excluding hydrogens is 502 g/mol. The summed E-state index contributed by atoms with van der Waals surface area (Å²) in [5, 5.41) is 10.0. The number of methoxy groups -OCH3 is 1. The van der Waals surface area contributed by atoms with E-state index >= 15 is 0 Å². The molecule has 39 heavy (non-hydrogen) atoms. The molecule has 1 aromatic heterocycles. The summed E-state index contributed by atoms with van der Waals surface area (Å²) in [7, 11) is 3.52. The first-order valence-electron chi connectivity index (χ1n) is 12.2. The molecule has 6 rings (SSSR count). The molecule has 3 aromatic carbocycles. The smallest absolute Gasteiger partial charge is 0.341 e. The SMILES string of the molecule is COc1ccc2c(c1)c(/C=C1\Oc3c(ccc4c3[C@@H](c3ccccc3OCC(=O)O)CC(=O)O4)C1=O)cn2C. The number of hydrogen-bond acceptors (Lipinski definition) is 7. The van der Waals surface area contributed by atoms with Crippen LogP contribution in [0.15, 0.2) is 66.6 Å². The molecule has 4 aromatic rings. The highest BCUT2D eigenvalue weighted by atomic mass is 16.5. The summed E-state index contributed by atoms with van der Waals surface area (Å²) in [5.41, 5.74) is 3.24. The van der Waals surface area contributed by atoms with Gasteiger partial charge in [-0.05, 0) is 42.5 Å². The fraction of sp³-hybridized carbons (Fsp3) is 0.167. The number of hydrogen-bond donors (Lipinski definition) is 1. The van der Waals surface area contributed by atoms with E-state index in [4.69, 9.17) is 24.1 Å². The molecule has 3 heterocycles. The van der Waals surface area contributed by atoms with Crippen LogP contribution in [-0.4, -0.2) is 41.1 Å². The van der Waals surface area contributed by atoms with Gasteiger partial charge < -0.3 is 28.6 Å². The third-order valence-corrected chi connectivity index (χ3v) is 6.94. The van der Waals surface area contributed by atoms with Gasteiger partial charge in [0.05, 0.1) is 19.1 Å². The zero-order valence-electron chi connectivity index (χ0n) is 21.1. The maximum absolute atomic E-state index is 13.5. The van der Waals surface area contributed by atoms with E-state index in [-0.39, 0.29) is 23.7 Å². The fourth-order valence-corrected chi connectivity index (χ4v) is 5.20. The van der Waals surface area contributed by atoms with Crippen molar-refractivity contribution in [1.82, 2.24) is 4.57 Å². The Balaban J connectivity index is 1.44. The number of nitrogens with zero attached hydrogens (tertiary/aromatic N) is 1. The largest absolute Gasteiger partial charge is 0.497 e. The zero-order chi connectivity index (χ0) is 27.3. The van der Waals surface area contributed by atoms with Gasteiger partial charge >= 0.3 is 11.9 Å². The van der Waals surface area contributed by atoms with Crippen LogP contribution in [0.4, 0.5) is 0 Å². The van der Waals surface area contributed by atoms with Crippen molar-refractivity contribution in [3.05, 3.63) is 88.8 Å². The van der Waals surface area contributed by atoms with Crippen LogP contribution in [0.25, 0.3) is 17.0 Å². The van der Waals surface area contributed by atoms with Crippen molar-refractivity contribution >= 4 is 34.7 Å². The summed E-state index contributed by atoms with van der Waals surface area (Å²) in [6, 6.07) is 15.8. The summed E-state index contributed by atoms with van der Waals surface area (Å²) in [6.45, 7) is -0.536. The van der Waals surface area contributed by atoms with Crippen LogP contribution in [0, 0.1) is 0 Å². The van der Waals surface area contributed by atoms with Crippen molar-refractivity contribution in [2.24, 2.45) is 7.05 Å². The summed E-state index contributed by atoms with van der Waals surface area (Å²) < 4.78 is 24.6. The van der Waals surface area contributed by atoms with Gasteiger partial charge in [-0.3, -0.25) is 9.59 Å². The zero-order valence-corrected chi connectivity index (χ0v) is 21.1. The molecular formula is C30H23NO8. The van der Waals surface area contributed by atoms with Crippen molar-refractivity contribution in [1.29, 1.82) is 0 Å². The lowest BCUT2D eigenvalue weighted by Crippen LogP contribution is -2.22. The number of esters is 1. The van der Waals surface area contributed by atoms with Crippen molar-refractivity contribution in [3.8, 4) is 23.0 Å². The first-order chi connectivity index (χ1) is 18.8. The lowest BCUT2D eigenvalue weighted by atomic mass is 9.84. The lowest BCUT2D eigenvalue weighted by Gasteiger charge is -2.27. The molecule has 0 saturated carbocycles. The molecule has 196 valence electrons. The number of carbonyl (C=O) groups excluding carboxylic acids is 2. The summed E-state index contributed by atoms with van der Waals surface area (Å²) in [6.07, 6.45) is 3.58. The molecule has 2 aliphatic heterocycles. The molecule has 2 aliphatic rings. The second-order valence-electron chi connectivity index (χ2n) is 9.32. The second kappa shape index (κ2) is 9.36. The third-order valence-electron chi connectivity index (χ3n) is 6.94. The van der Waals surface area contributed by atoms with E-state index in [9.17, 15) is 14.4 Å². The number of carboxylic acids is 1. The van der Waals surface area contributed by atoms with Gasteiger partial charge in [-0.15, -0.1) is 0 Å². The summed E-state index contributed by atoms with van der Waals surface area (Å²) >= 11 is 0. The van der Waals surface area contributed by atoms with E-state index in [1.807, 2.05) is 36.0 Å². The van der Waals surface area contributed by atoms with E-state index in [2.05, 4.69) is 0 Å². The molecule has 0 aliphatic carbocycles. The first-order valence-corrected chi connectivity index (χ1v) is 12.2. The Morgan fingerprint density at radius 2 is 1.95 bits per heavy atom. The molecule has 9 heteroatoms. The predicted molar refractivity (Wildman–Crippen MR) is 141 cm³/mol. The number of aliphatic carboxylic acids is 1. The van der Waals surface area contributed by atoms with Crippen LogP contribution in [0.2, 0.25) is 0 Å². The maximum Gasteiger partial charge on any atom is 0.341 e. The molecule has 0 amide bonds. The number of rotatable bonds is 6. The number of ether oxygens (including phenoxy) is 4. The number of ketones is 1. The standard InChI is InChI=1S/C30H23NO8/c1-31-14-16(20-12-17(36-2)7-9-22(20)31)11-25-29(35)19-8-10-24-28(30(19)39-25)21(13-27(34)38-24)18-5-3-4-6-23(18)37-15-26(32)33/h3-12,14,21H,13,15H2,1-2H3,(H,32,33)/b25-11-/t21-/m1/s1. The van der Waals surface area contributed by atoms with Crippen LogP contribution < -0.4 is 18.9 Å². The number of carbonyl (C=O) groups is 3. The Labute approximate surface area is 222 Å². The number of benzene rings is 3. The van der Waals surface area contributed by atoms with Gasteiger partial charge in [-0.2, -0.15) is 0 Å². The Bertz CT molecular complexity index is 1710. The highest BCUT2D eigenvalue weighted by Gasteiger charge is 2.39. The number of Topliss-reactive ketones (excluding diaryl/α,β-unsaturated/α-hetero) is 1. The van der Waals surface area contributed by atoms with Crippen molar-refractivity contribution in [3.63, 3.8) is 0 Å². The third kappa shape index (κ3) is 4.17. The number of aryl methyl sites for hydroxylation is 1. The molecule has 0 spiro atoms. The molecule has 0 radical (unpaired) electrons. The van der Waals surface area contributed by atoms with Crippen molar-refractivity contribution in [2.75, 3.05) is 13.7 Å². The van der Waals surface area contributed by atoms with Gasteiger partial charge in [0.1, 0.15) is 23.0 Å². The molecule has 9 nitrogen and oxygen atoms in total. The average Bonchev–Trinajstić information content (AvgIpc) is 3.42. The molecule has 0 fully saturated rings. The molecule has 0 saturated heterocycles. The van der Waals surface area contributed by atoms with Crippen molar-refractivity contribution < 1.29 is 38.4 Å². The summed E-state index contributed by atoms with van der Waals surface area (Å²) in [4.78, 5) is 37.2. The highest BCUT2D eigenvalue weighted by Crippen LogP contribution is 2.50. The van der Waals surface area contributed by atoms with E-state index in [0.717, 1.165) is 16.5 Å². The van der Waals surface area contributed by atoms with Crippen LogP contribution in [0.3, 0.4) is 0 Å². The van der Waals surface area contributed by atoms with Gasteiger partial charge in [0, 0.05) is 46.8 Å². The van der Waals surface area contributed by atoms with Gasteiger partial charge in [-0.1, -0.05) is 18.2 Å². The average molecular weight is 526 g/mol. The number of para-hydroxylation sites is 1. The quantitative estimate of drug-likeness (QED) is 0.219. The Morgan fingerprint density at radius 3 is 2.74 bits per heavy atom. The minimum absolute atomic E-state index is 0.0311. The van der Waals surface area contributed by atoms with Gasteiger partial charge in [0.2, 0.25) is 5.78 Å². The maximum atomic E-state index is 13.5. The number of allylic oxidation sites excluding steroid dienone is 1. The summed E-state index contributed by atoms with van der Waals surface area (Å²) in [5.74, 6) is -0.687. The van der Waals surface area contributed by atoms with Crippen LogP contribution >= 0.6 is 0 Å². The number of aromatic nitrogens is 1. The molecule has 0 bridgehead atoms. The molecule has 0 unspecified atom stereocenters. The fourth-order valence-electron chi connectivity index (χ4n) is 5.20. The van der Waals surface area contributed by atoms with Gasteiger partial charge in [-0.25, -0.2) is 4.79 Å². The van der Waals surface area contributed by atoms with E-state index < -0.39 is 24.5 Å². The Morgan fingerprint density at radius 1 is 1.13 bits per heavy atom. The monoisotopic (exact) mass is 525 g/mol. The van der Waals surface area contributed by atoms with Crippen LogP contribution in [0.5, 0.6) is 23.0 Å². The minimum Gasteiger partial charge on any atom is -0.497 e. The second-order valence-corrected chi connectivity index (χ2v) is 9.32. The molecule has 1 N–H and O–H groups in total.